The molecule has 3 N–H and O–H groups in total. The van der Waals surface area contributed by atoms with E-state index in [1.165, 1.54) is 17.8 Å². The number of rotatable bonds is 5. The van der Waals surface area contributed by atoms with Crippen LogP contribution in [0.3, 0.4) is 0 Å². The van der Waals surface area contributed by atoms with Crippen molar-refractivity contribution in [3.05, 3.63) is 44.9 Å². The first kappa shape index (κ1) is 15.8. The van der Waals surface area contributed by atoms with Gasteiger partial charge in [0.1, 0.15) is 4.88 Å². The van der Waals surface area contributed by atoms with E-state index in [0.29, 0.717) is 26.4 Å². The smallest absolute Gasteiger partial charge is 0.347 e. The molecule has 110 valence electrons. The zero-order valence-corrected chi connectivity index (χ0v) is 13.3. The Labute approximate surface area is 134 Å². The Morgan fingerprint density at radius 3 is 2.71 bits per heavy atom. The van der Waals surface area contributed by atoms with Gasteiger partial charge in [0.25, 0.3) is 0 Å². The second kappa shape index (κ2) is 6.46. The van der Waals surface area contributed by atoms with Gasteiger partial charge in [0.05, 0.1) is 5.69 Å². The Balaban J connectivity index is 2.11. The minimum atomic E-state index is -0.972. The summed E-state index contributed by atoms with van der Waals surface area (Å²) in [6, 6.07) is 4.86. The molecule has 0 spiro atoms. The second-order valence-corrected chi connectivity index (χ2v) is 6.79. The third-order valence-electron chi connectivity index (χ3n) is 2.66. The highest BCUT2D eigenvalue weighted by Crippen LogP contribution is 2.31. The first-order chi connectivity index (χ1) is 9.88. The van der Waals surface area contributed by atoms with Crippen molar-refractivity contribution < 1.29 is 14.7 Å². The molecule has 1 aromatic heterocycles. The highest BCUT2D eigenvalue weighted by molar-refractivity contribution is 8.00. The summed E-state index contributed by atoms with van der Waals surface area (Å²) in [5.74, 6) is -0.970. The highest BCUT2D eigenvalue weighted by Gasteiger charge is 2.14. The van der Waals surface area contributed by atoms with Crippen LogP contribution in [0.2, 0.25) is 5.02 Å². The zero-order chi connectivity index (χ0) is 15.6. The van der Waals surface area contributed by atoms with Crippen LogP contribution in [0.4, 0.5) is 0 Å². The van der Waals surface area contributed by atoms with E-state index in [1.807, 2.05) is 0 Å². The van der Waals surface area contributed by atoms with Gasteiger partial charge in [0.2, 0.25) is 5.91 Å². The molecule has 1 heterocycles. The number of halogens is 1. The topological polar surface area (TPSA) is 93.3 Å². The van der Waals surface area contributed by atoms with Gasteiger partial charge >= 0.3 is 5.97 Å². The third kappa shape index (κ3) is 3.75. The number of nitrogens with two attached hydrogens (primary N) is 1. The van der Waals surface area contributed by atoms with E-state index in [9.17, 15) is 9.59 Å². The fourth-order valence-electron chi connectivity index (χ4n) is 1.59. The van der Waals surface area contributed by atoms with E-state index in [0.717, 1.165) is 16.9 Å². The Kier molecular flexibility index (Phi) is 4.87. The molecule has 1 aromatic carbocycles. The number of carboxylic acids is 1. The number of aromatic carboxylic acids is 1. The molecule has 0 atom stereocenters. The molecule has 0 unspecified atom stereocenters. The van der Waals surface area contributed by atoms with Crippen LogP contribution >= 0.6 is 34.7 Å². The molecule has 0 aliphatic carbocycles. The van der Waals surface area contributed by atoms with Crippen molar-refractivity contribution in [2.75, 3.05) is 0 Å². The molecule has 0 saturated heterocycles. The van der Waals surface area contributed by atoms with Crippen molar-refractivity contribution in [1.29, 1.82) is 0 Å². The van der Waals surface area contributed by atoms with E-state index in [4.69, 9.17) is 22.4 Å². The lowest BCUT2D eigenvalue weighted by Gasteiger charge is -2.04. The van der Waals surface area contributed by atoms with Crippen molar-refractivity contribution in [2.24, 2.45) is 5.73 Å². The molecular formula is C13H11ClN2O3S2. The Morgan fingerprint density at radius 2 is 2.19 bits per heavy atom. The number of amides is 1. The van der Waals surface area contributed by atoms with Gasteiger partial charge in [0.15, 0.2) is 4.34 Å². The SMILES string of the molecule is Cc1nc(SCc2ccc(C(N)=O)cc2Cl)sc1C(=O)O. The fourth-order valence-corrected chi connectivity index (χ4v) is 3.95. The monoisotopic (exact) mass is 342 g/mol. The van der Waals surface area contributed by atoms with Gasteiger partial charge in [-0.05, 0) is 24.6 Å². The van der Waals surface area contributed by atoms with Crippen LogP contribution in [0.25, 0.3) is 0 Å². The van der Waals surface area contributed by atoms with E-state index in [2.05, 4.69) is 4.98 Å². The predicted molar refractivity (Wildman–Crippen MR) is 83.3 cm³/mol. The van der Waals surface area contributed by atoms with Crippen LogP contribution in [-0.2, 0) is 5.75 Å². The zero-order valence-electron chi connectivity index (χ0n) is 10.9. The molecule has 2 aromatic rings. The summed E-state index contributed by atoms with van der Waals surface area (Å²) in [4.78, 5) is 26.5. The van der Waals surface area contributed by atoms with E-state index in [-0.39, 0.29) is 4.88 Å². The highest BCUT2D eigenvalue weighted by atomic mass is 35.5. The number of thiazole rings is 1. The number of benzene rings is 1. The van der Waals surface area contributed by atoms with Crippen LogP contribution in [0.5, 0.6) is 0 Å². The second-order valence-electron chi connectivity index (χ2n) is 4.16. The number of primary amides is 1. The number of carboxylic acid groups (broad SMARTS) is 1. The molecule has 21 heavy (non-hydrogen) atoms. The standard InChI is InChI=1S/C13H11ClN2O3S2/c1-6-10(12(18)19)21-13(16-6)20-5-8-3-2-7(11(15)17)4-9(8)14/h2-4H,5H2,1H3,(H2,15,17)(H,18,19). The largest absolute Gasteiger partial charge is 0.477 e. The molecule has 2 rings (SSSR count). The number of carbonyl (C=O) groups excluding carboxylic acids is 1. The maximum Gasteiger partial charge on any atom is 0.347 e. The molecule has 0 saturated carbocycles. The molecule has 0 aliphatic rings. The first-order valence-corrected chi connectivity index (χ1v) is 7.98. The van der Waals surface area contributed by atoms with E-state index >= 15 is 0 Å². The summed E-state index contributed by atoms with van der Waals surface area (Å²) >= 11 is 8.63. The average molecular weight is 343 g/mol. The van der Waals surface area contributed by atoms with Crippen molar-refractivity contribution in [3.63, 3.8) is 0 Å². The molecule has 0 radical (unpaired) electrons. The van der Waals surface area contributed by atoms with Crippen LogP contribution in [-0.4, -0.2) is 22.0 Å². The van der Waals surface area contributed by atoms with Crippen LogP contribution < -0.4 is 5.73 Å². The van der Waals surface area contributed by atoms with Gasteiger partial charge in [0, 0.05) is 16.3 Å². The molecular weight excluding hydrogens is 332 g/mol. The molecule has 0 aliphatic heterocycles. The average Bonchev–Trinajstić information content (AvgIpc) is 2.78. The minimum absolute atomic E-state index is 0.243. The summed E-state index contributed by atoms with van der Waals surface area (Å²) in [7, 11) is 0. The normalized spacial score (nSPS) is 10.6. The number of nitrogens with zero attached hydrogens (tertiary/aromatic N) is 1. The number of hydrogen-bond donors (Lipinski definition) is 2. The Morgan fingerprint density at radius 1 is 1.48 bits per heavy atom. The quantitative estimate of drug-likeness (QED) is 0.814. The van der Waals surface area contributed by atoms with Gasteiger partial charge in [-0.15, -0.1) is 11.3 Å². The lowest BCUT2D eigenvalue weighted by Crippen LogP contribution is -2.10. The number of aryl methyl sites for hydroxylation is 1. The predicted octanol–water partition coefficient (Wildman–Crippen LogP) is 3.19. The lowest BCUT2D eigenvalue weighted by atomic mass is 10.1. The minimum Gasteiger partial charge on any atom is -0.477 e. The number of aromatic nitrogens is 1. The maximum atomic E-state index is 11.0. The number of hydrogen-bond acceptors (Lipinski definition) is 5. The van der Waals surface area contributed by atoms with Gasteiger partial charge in [-0.3, -0.25) is 4.79 Å². The van der Waals surface area contributed by atoms with Crippen molar-refractivity contribution >= 4 is 46.6 Å². The molecule has 0 fully saturated rings. The van der Waals surface area contributed by atoms with Crippen molar-refractivity contribution in [2.45, 2.75) is 17.0 Å². The molecule has 5 nitrogen and oxygen atoms in total. The Hall–Kier alpha value is -1.57. The van der Waals surface area contributed by atoms with Gasteiger partial charge < -0.3 is 10.8 Å². The summed E-state index contributed by atoms with van der Waals surface area (Å²) in [6.45, 7) is 1.67. The summed E-state index contributed by atoms with van der Waals surface area (Å²) < 4.78 is 0.667. The van der Waals surface area contributed by atoms with E-state index < -0.39 is 11.9 Å². The van der Waals surface area contributed by atoms with Gasteiger partial charge in [-0.2, -0.15) is 0 Å². The number of thioether (sulfide) groups is 1. The van der Waals surface area contributed by atoms with Gasteiger partial charge in [-0.1, -0.05) is 29.4 Å². The first-order valence-electron chi connectivity index (χ1n) is 5.80. The number of carbonyl (C=O) groups is 2. The van der Waals surface area contributed by atoms with Crippen molar-refractivity contribution in [3.8, 4) is 0 Å². The summed E-state index contributed by atoms with van der Waals surface area (Å²) in [5, 5.41) is 9.44. The van der Waals surface area contributed by atoms with Crippen LogP contribution in [0.1, 0.15) is 31.3 Å². The maximum absolute atomic E-state index is 11.0. The van der Waals surface area contributed by atoms with Crippen molar-refractivity contribution in [1.82, 2.24) is 4.98 Å². The molecule has 8 heteroatoms. The fraction of sp³-hybridized carbons (Fsp3) is 0.154. The van der Waals surface area contributed by atoms with Crippen LogP contribution in [0, 0.1) is 6.92 Å². The summed E-state index contributed by atoms with van der Waals surface area (Å²) in [5.41, 5.74) is 6.87. The summed E-state index contributed by atoms with van der Waals surface area (Å²) in [6.07, 6.45) is 0. The van der Waals surface area contributed by atoms with Gasteiger partial charge in [-0.25, -0.2) is 9.78 Å². The molecule has 1 amide bonds. The molecule has 0 bridgehead atoms. The lowest BCUT2D eigenvalue weighted by molar-refractivity contribution is 0.0701. The van der Waals surface area contributed by atoms with E-state index in [1.54, 1.807) is 19.1 Å². The van der Waals surface area contributed by atoms with Crippen LogP contribution in [0.15, 0.2) is 22.5 Å². The third-order valence-corrected chi connectivity index (χ3v) is 5.35. The Bertz CT molecular complexity index is 715.